The fourth-order valence-electron chi connectivity index (χ4n) is 1.31. The monoisotopic (exact) mass is 291 g/mol. The van der Waals surface area contributed by atoms with Gasteiger partial charge in [0.25, 0.3) is 0 Å². The van der Waals surface area contributed by atoms with Crippen molar-refractivity contribution in [3.8, 4) is 0 Å². The van der Waals surface area contributed by atoms with Gasteiger partial charge in [-0.3, -0.25) is 0 Å². The highest BCUT2D eigenvalue weighted by Gasteiger charge is 2.09. The number of hydrogen-bond acceptors (Lipinski definition) is 4. The highest BCUT2D eigenvalue weighted by Crippen LogP contribution is 2.20. The van der Waals surface area contributed by atoms with E-state index in [0.29, 0.717) is 22.9 Å². The Morgan fingerprint density at radius 3 is 2.83 bits per heavy atom. The molecule has 18 heavy (non-hydrogen) atoms. The van der Waals surface area contributed by atoms with E-state index in [1.807, 2.05) is 0 Å². The van der Waals surface area contributed by atoms with Crippen LogP contribution in [0.4, 0.5) is 5.69 Å². The summed E-state index contributed by atoms with van der Waals surface area (Å²) in [6.45, 7) is 2.32. The standard InChI is InChI=1S/C12H15Cl2NO3/c1-2-18-12(17)8-3-9(14)5-10(4-8)15-7-11(16)6-13/h3-5,11,15-16H,2,6-7H2,1H3. The van der Waals surface area contributed by atoms with E-state index in [2.05, 4.69) is 5.32 Å². The third kappa shape index (κ3) is 4.72. The molecule has 1 unspecified atom stereocenters. The van der Waals surface area contributed by atoms with E-state index in [-0.39, 0.29) is 12.4 Å². The Morgan fingerprint density at radius 1 is 1.50 bits per heavy atom. The first-order valence-electron chi connectivity index (χ1n) is 5.52. The van der Waals surface area contributed by atoms with Gasteiger partial charge < -0.3 is 15.2 Å². The smallest absolute Gasteiger partial charge is 0.338 e. The lowest BCUT2D eigenvalue weighted by molar-refractivity contribution is 0.0526. The van der Waals surface area contributed by atoms with Crippen LogP contribution in [0.2, 0.25) is 5.02 Å². The summed E-state index contributed by atoms with van der Waals surface area (Å²) in [6.07, 6.45) is -0.656. The maximum Gasteiger partial charge on any atom is 0.338 e. The topological polar surface area (TPSA) is 58.6 Å². The molecule has 0 saturated heterocycles. The summed E-state index contributed by atoms with van der Waals surface area (Å²) in [4.78, 5) is 11.6. The van der Waals surface area contributed by atoms with Crippen molar-refractivity contribution in [3.63, 3.8) is 0 Å². The molecule has 0 saturated carbocycles. The molecule has 6 heteroatoms. The molecule has 1 rings (SSSR count). The Bertz CT molecular complexity index is 412. The van der Waals surface area contributed by atoms with Crippen molar-refractivity contribution in [1.29, 1.82) is 0 Å². The van der Waals surface area contributed by atoms with Crippen molar-refractivity contribution >= 4 is 34.9 Å². The van der Waals surface area contributed by atoms with Gasteiger partial charge in [-0.2, -0.15) is 0 Å². The summed E-state index contributed by atoms with van der Waals surface area (Å²) >= 11 is 11.4. The predicted octanol–water partition coefficient (Wildman–Crippen LogP) is 2.53. The van der Waals surface area contributed by atoms with Gasteiger partial charge in [-0.05, 0) is 25.1 Å². The normalized spacial score (nSPS) is 12.0. The lowest BCUT2D eigenvalue weighted by Crippen LogP contribution is -2.20. The van der Waals surface area contributed by atoms with Crippen LogP contribution < -0.4 is 5.32 Å². The van der Waals surface area contributed by atoms with E-state index in [1.54, 1.807) is 19.1 Å². The van der Waals surface area contributed by atoms with Gasteiger partial charge in [0.15, 0.2) is 0 Å². The van der Waals surface area contributed by atoms with Crippen molar-refractivity contribution in [2.24, 2.45) is 0 Å². The van der Waals surface area contributed by atoms with Gasteiger partial charge in [-0.1, -0.05) is 11.6 Å². The number of nitrogens with one attached hydrogen (secondary N) is 1. The fourth-order valence-corrected chi connectivity index (χ4v) is 1.66. The maximum absolute atomic E-state index is 11.6. The average Bonchev–Trinajstić information content (AvgIpc) is 2.35. The number of aliphatic hydroxyl groups excluding tert-OH is 1. The maximum atomic E-state index is 11.6. The number of halogens is 2. The van der Waals surface area contributed by atoms with Crippen molar-refractivity contribution in [1.82, 2.24) is 0 Å². The van der Waals surface area contributed by atoms with Crippen molar-refractivity contribution < 1.29 is 14.6 Å². The van der Waals surface area contributed by atoms with Gasteiger partial charge in [-0.25, -0.2) is 4.79 Å². The molecule has 0 aliphatic heterocycles. The third-order valence-electron chi connectivity index (χ3n) is 2.13. The molecule has 0 bridgehead atoms. The molecule has 0 aliphatic rings. The zero-order valence-electron chi connectivity index (χ0n) is 9.95. The Morgan fingerprint density at radius 2 is 2.22 bits per heavy atom. The summed E-state index contributed by atoms with van der Waals surface area (Å²) in [6, 6.07) is 4.80. The van der Waals surface area contributed by atoms with Crippen LogP contribution in [0.3, 0.4) is 0 Å². The number of carbonyl (C=O) groups is 1. The SMILES string of the molecule is CCOC(=O)c1cc(Cl)cc(NCC(O)CCl)c1. The van der Waals surface area contributed by atoms with Gasteiger partial charge >= 0.3 is 5.97 Å². The van der Waals surface area contributed by atoms with Gasteiger partial charge in [0.1, 0.15) is 0 Å². The second kappa shape index (κ2) is 7.46. The molecule has 4 nitrogen and oxygen atoms in total. The molecule has 2 N–H and O–H groups in total. The minimum Gasteiger partial charge on any atom is -0.462 e. The quantitative estimate of drug-likeness (QED) is 0.625. The number of benzene rings is 1. The van der Waals surface area contributed by atoms with E-state index < -0.39 is 12.1 Å². The van der Waals surface area contributed by atoms with Crippen LogP contribution in [0.1, 0.15) is 17.3 Å². The Labute approximate surface area is 116 Å². The lowest BCUT2D eigenvalue weighted by Gasteiger charge is -2.11. The molecule has 0 amide bonds. The largest absolute Gasteiger partial charge is 0.462 e. The number of ether oxygens (including phenoxy) is 1. The molecule has 0 heterocycles. The van der Waals surface area contributed by atoms with Crippen LogP contribution in [0.5, 0.6) is 0 Å². The Hall–Kier alpha value is -0.970. The van der Waals surface area contributed by atoms with E-state index in [1.165, 1.54) is 6.07 Å². The van der Waals surface area contributed by atoms with Crippen LogP contribution in [0.25, 0.3) is 0 Å². The molecule has 0 aromatic heterocycles. The number of alkyl halides is 1. The summed E-state index contributed by atoms with van der Waals surface area (Å²) in [5.74, 6) is -0.292. The molecule has 0 aliphatic carbocycles. The first-order chi connectivity index (χ1) is 8.56. The molecule has 1 aromatic carbocycles. The van der Waals surface area contributed by atoms with E-state index >= 15 is 0 Å². The number of hydrogen-bond donors (Lipinski definition) is 2. The number of rotatable bonds is 6. The third-order valence-corrected chi connectivity index (χ3v) is 2.70. The second-order valence-electron chi connectivity index (χ2n) is 3.64. The van der Waals surface area contributed by atoms with Crippen LogP contribution in [0.15, 0.2) is 18.2 Å². The summed E-state index contributed by atoms with van der Waals surface area (Å²) in [5, 5.41) is 12.7. The fraction of sp³-hybridized carbons (Fsp3) is 0.417. The first kappa shape index (κ1) is 15.1. The van der Waals surface area contributed by atoms with Crippen molar-refractivity contribution in [2.45, 2.75) is 13.0 Å². The minimum atomic E-state index is -0.656. The first-order valence-corrected chi connectivity index (χ1v) is 6.43. The van der Waals surface area contributed by atoms with Crippen LogP contribution in [-0.2, 0) is 4.74 Å². The van der Waals surface area contributed by atoms with Crippen LogP contribution in [0, 0.1) is 0 Å². The second-order valence-corrected chi connectivity index (χ2v) is 4.38. The number of carbonyl (C=O) groups excluding carboxylic acids is 1. The van der Waals surface area contributed by atoms with Gasteiger partial charge in [-0.15, -0.1) is 11.6 Å². The van der Waals surface area contributed by atoms with Crippen molar-refractivity contribution in [3.05, 3.63) is 28.8 Å². The molecule has 100 valence electrons. The minimum absolute atomic E-state index is 0.137. The molecule has 0 fully saturated rings. The number of esters is 1. The molecule has 1 aromatic rings. The average molecular weight is 292 g/mol. The lowest BCUT2D eigenvalue weighted by atomic mass is 10.2. The highest BCUT2D eigenvalue weighted by atomic mass is 35.5. The molecular formula is C12H15Cl2NO3. The van der Waals surface area contributed by atoms with E-state index in [0.717, 1.165) is 0 Å². The Kier molecular flexibility index (Phi) is 6.25. The van der Waals surface area contributed by atoms with Gasteiger partial charge in [0.2, 0.25) is 0 Å². The van der Waals surface area contributed by atoms with Crippen molar-refractivity contribution in [2.75, 3.05) is 24.3 Å². The zero-order valence-corrected chi connectivity index (χ0v) is 11.5. The predicted molar refractivity (Wildman–Crippen MR) is 72.6 cm³/mol. The van der Waals surface area contributed by atoms with E-state index in [9.17, 15) is 9.90 Å². The molecule has 1 atom stereocenters. The van der Waals surface area contributed by atoms with E-state index in [4.69, 9.17) is 27.9 Å². The number of aliphatic hydroxyl groups is 1. The molecular weight excluding hydrogens is 277 g/mol. The van der Waals surface area contributed by atoms with Gasteiger partial charge in [0, 0.05) is 17.3 Å². The Balaban J connectivity index is 2.77. The summed E-state index contributed by atoms with van der Waals surface area (Å²) < 4.78 is 4.89. The number of anilines is 1. The van der Waals surface area contributed by atoms with Crippen LogP contribution in [-0.4, -0.2) is 36.2 Å². The van der Waals surface area contributed by atoms with Gasteiger partial charge in [0.05, 0.1) is 24.2 Å². The molecule has 0 spiro atoms. The van der Waals surface area contributed by atoms with Crippen LogP contribution >= 0.6 is 23.2 Å². The summed E-state index contributed by atoms with van der Waals surface area (Å²) in [7, 11) is 0. The molecule has 0 radical (unpaired) electrons. The zero-order chi connectivity index (χ0) is 13.5. The highest BCUT2D eigenvalue weighted by molar-refractivity contribution is 6.31. The summed E-state index contributed by atoms with van der Waals surface area (Å²) in [5.41, 5.74) is 1.00.